The van der Waals surface area contributed by atoms with Crippen LogP contribution in [0.1, 0.15) is 31.1 Å². The maximum Gasteiger partial charge on any atom is 0.338 e. The van der Waals surface area contributed by atoms with Crippen molar-refractivity contribution in [3.05, 3.63) is 108 Å². The van der Waals surface area contributed by atoms with E-state index in [1.807, 2.05) is 0 Å². The van der Waals surface area contributed by atoms with Gasteiger partial charge in [0.2, 0.25) is 0 Å². The Balaban J connectivity index is 1.54. The highest BCUT2D eigenvalue weighted by atomic mass is 16.7. The summed E-state index contributed by atoms with van der Waals surface area (Å²) in [6, 6.07) is 25.2. The maximum absolute atomic E-state index is 12.8. The van der Waals surface area contributed by atoms with Crippen molar-refractivity contribution in [1.82, 2.24) is 0 Å². The van der Waals surface area contributed by atoms with Crippen molar-refractivity contribution in [3.63, 3.8) is 0 Å². The van der Waals surface area contributed by atoms with E-state index in [1.54, 1.807) is 91.0 Å². The molecule has 0 spiro atoms. The highest BCUT2D eigenvalue weighted by Gasteiger charge is 2.50. The lowest BCUT2D eigenvalue weighted by molar-refractivity contribution is -0.155. The third kappa shape index (κ3) is 5.92. The van der Waals surface area contributed by atoms with E-state index < -0.39 is 42.5 Å². The second-order valence-electron chi connectivity index (χ2n) is 7.72. The van der Waals surface area contributed by atoms with Crippen LogP contribution >= 0.6 is 0 Å². The zero-order valence-electron chi connectivity index (χ0n) is 18.9. The van der Waals surface area contributed by atoms with Crippen LogP contribution in [0.5, 0.6) is 0 Å². The Hall–Kier alpha value is -4.01. The van der Waals surface area contributed by atoms with Gasteiger partial charge in [0.25, 0.3) is 0 Å². The van der Waals surface area contributed by atoms with Crippen LogP contribution in [0.2, 0.25) is 0 Å². The molecule has 8 nitrogen and oxygen atoms in total. The molecule has 1 fully saturated rings. The van der Waals surface area contributed by atoms with Crippen LogP contribution in [0.25, 0.3) is 0 Å². The molecule has 180 valence electrons. The number of esters is 3. The predicted molar refractivity (Wildman–Crippen MR) is 124 cm³/mol. The average molecular weight is 476 g/mol. The van der Waals surface area contributed by atoms with E-state index in [0.717, 1.165) is 0 Å². The van der Waals surface area contributed by atoms with E-state index in [4.69, 9.17) is 23.7 Å². The molecule has 4 atom stereocenters. The highest BCUT2D eigenvalue weighted by Crippen LogP contribution is 2.29. The molecule has 35 heavy (non-hydrogen) atoms. The smallest absolute Gasteiger partial charge is 0.338 e. The quantitative estimate of drug-likeness (QED) is 0.359. The van der Waals surface area contributed by atoms with Gasteiger partial charge >= 0.3 is 17.9 Å². The minimum Gasteiger partial charge on any atom is -0.459 e. The van der Waals surface area contributed by atoms with Crippen LogP contribution < -0.4 is 0 Å². The molecule has 3 aromatic carbocycles. The monoisotopic (exact) mass is 476 g/mol. The second kappa shape index (κ2) is 11.4. The molecule has 1 saturated heterocycles. The van der Waals surface area contributed by atoms with Crippen LogP contribution in [0.4, 0.5) is 0 Å². The molecule has 0 unspecified atom stereocenters. The van der Waals surface area contributed by atoms with Crippen LogP contribution in [0.15, 0.2) is 91.0 Å². The molecule has 0 amide bonds. The molecule has 0 bridgehead atoms. The summed E-state index contributed by atoms with van der Waals surface area (Å²) in [6.45, 7) is -0.250. The third-order valence-corrected chi connectivity index (χ3v) is 5.39. The van der Waals surface area contributed by atoms with Gasteiger partial charge in [-0.05, 0) is 36.4 Å². The van der Waals surface area contributed by atoms with E-state index >= 15 is 0 Å². The molecule has 1 aliphatic heterocycles. The summed E-state index contributed by atoms with van der Waals surface area (Å²) in [5, 5.41) is 0. The van der Waals surface area contributed by atoms with Crippen molar-refractivity contribution in [3.8, 4) is 0 Å². The normalized spacial score (nSPS) is 21.2. The summed E-state index contributed by atoms with van der Waals surface area (Å²) in [7, 11) is 1.38. The Kier molecular flexibility index (Phi) is 7.87. The number of benzene rings is 3. The zero-order valence-corrected chi connectivity index (χ0v) is 18.9. The van der Waals surface area contributed by atoms with Gasteiger partial charge in [0.05, 0.1) is 16.7 Å². The number of carbonyl (C=O) groups excluding carboxylic acids is 3. The second-order valence-corrected chi connectivity index (χ2v) is 7.72. The third-order valence-electron chi connectivity index (χ3n) is 5.39. The summed E-state index contributed by atoms with van der Waals surface area (Å²) < 4.78 is 28.0. The zero-order chi connectivity index (χ0) is 24.6. The minimum absolute atomic E-state index is 0.250. The van der Waals surface area contributed by atoms with Crippen LogP contribution in [-0.2, 0) is 23.7 Å². The van der Waals surface area contributed by atoms with E-state index in [1.165, 1.54) is 7.11 Å². The van der Waals surface area contributed by atoms with Crippen molar-refractivity contribution >= 4 is 17.9 Å². The van der Waals surface area contributed by atoms with Crippen molar-refractivity contribution in [2.45, 2.75) is 24.6 Å². The number of hydrogen-bond acceptors (Lipinski definition) is 8. The fourth-order valence-corrected chi connectivity index (χ4v) is 3.63. The molecular weight excluding hydrogens is 452 g/mol. The lowest BCUT2D eigenvalue weighted by Gasteiger charge is -2.24. The van der Waals surface area contributed by atoms with Gasteiger partial charge in [-0.2, -0.15) is 0 Å². The standard InChI is InChI=1S/C27H24O8/c1-31-27-23(35-26(30)20-15-9-4-10-16-20)22(34-25(29)19-13-7-3-8-14-19)21(33-27)17-32-24(28)18-11-5-2-6-12-18/h2-16,21-23,27H,17H2,1H3/t21-,22-,23-,27+/m0/s1. The Morgan fingerprint density at radius 3 is 1.54 bits per heavy atom. The topological polar surface area (TPSA) is 97.4 Å². The Morgan fingerprint density at radius 2 is 1.09 bits per heavy atom. The van der Waals surface area contributed by atoms with E-state index in [2.05, 4.69) is 0 Å². The molecule has 1 aliphatic rings. The fourth-order valence-electron chi connectivity index (χ4n) is 3.63. The van der Waals surface area contributed by atoms with E-state index in [0.29, 0.717) is 16.7 Å². The highest BCUT2D eigenvalue weighted by molar-refractivity contribution is 5.90. The summed E-state index contributed by atoms with van der Waals surface area (Å²) in [5.41, 5.74) is 0.981. The Labute approximate surface area is 202 Å². The molecule has 8 heteroatoms. The van der Waals surface area contributed by atoms with Crippen LogP contribution in [0, 0.1) is 0 Å². The molecule has 0 N–H and O–H groups in total. The summed E-state index contributed by atoms with van der Waals surface area (Å²) in [4.78, 5) is 38.0. The lowest BCUT2D eigenvalue weighted by Crippen LogP contribution is -2.42. The number of hydrogen-bond donors (Lipinski definition) is 0. The molecular formula is C27H24O8. The Bertz CT molecular complexity index is 1130. The number of ether oxygens (including phenoxy) is 5. The minimum atomic E-state index is -1.10. The first-order valence-electron chi connectivity index (χ1n) is 11.0. The maximum atomic E-state index is 12.8. The molecule has 0 aromatic heterocycles. The van der Waals surface area contributed by atoms with Crippen LogP contribution in [-0.4, -0.2) is 56.2 Å². The summed E-state index contributed by atoms with van der Waals surface area (Å²) in [6.07, 6.45) is -4.17. The molecule has 0 saturated carbocycles. The number of rotatable bonds is 8. The molecule has 0 radical (unpaired) electrons. The fraction of sp³-hybridized carbons (Fsp3) is 0.222. The van der Waals surface area contributed by atoms with Crippen molar-refractivity contribution in [1.29, 1.82) is 0 Å². The first kappa shape index (κ1) is 24.1. The van der Waals surface area contributed by atoms with Gasteiger partial charge < -0.3 is 23.7 Å². The van der Waals surface area contributed by atoms with E-state index in [9.17, 15) is 14.4 Å². The molecule has 3 aromatic rings. The number of methoxy groups -OCH3 is 1. The molecule has 1 heterocycles. The number of carbonyl (C=O) groups is 3. The molecule has 0 aliphatic carbocycles. The largest absolute Gasteiger partial charge is 0.459 e. The van der Waals surface area contributed by atoms with Crippen molar-refractivity contribution in [2.24, 2.45) is 0 Å². The van der Waals surface area contributed by atoms with E-state index in [-0.39, 0.29) is 6.61 Å². The Morgan fingerprint density at radius 1 is 0.657 bits per heavy atom. The van der Waals surface area contributed by atoms with Gasteiger partial charge in [-0.25, -0.2) is 14.4 Å². The van der Waals surface area contributed by atoms with Gasteiger partial charge in [-0.3, -0.25) is 0 Å². The lowest BCUT2D eigenvalue weighted by atomic mass is 10.1. The van der Waals surface area contributed by atoms with Gasteiger partial charge in [0.1, 0.15) is 12.7 Å². The first-order valence-corrected chi connectivity index (χ1v) is 11.0. The SMILES string of the molecule is CO[C@@H]1O[C@@H](COC(=O)c2ccccc2)[C@H](OC(=O)c2ccccc2)[C@@H]1OC(=O)c1ccccc1. The van der Waals surface area contributed by atoms with Gasteiger partial charge in [0.15, 0.2) is 18.5 Å². The summed E-state index contributed by atoms with van der Waals surface area (Å²) >= 11 is 0. The summed E-state index contributed by atoms with van der Waals surface area (Å²) in [5.74, 6) is -1.85. The first-order chi connectivity index (χ1) is 17.1. The molecule has 4 rings (SSSR count). The van der Waals surface area contributed by atoms with Gasteiger partial charge in [0, 0.05) is 7.11 Å². The van der Waals surface area contributed by atoms with Crippen molar-refractivity contribution in [2.75, 3.05) is 13.7 Å². The average Bonchev–Trinajstić information content (AvgIpc) is 3.24. The predicted octanol–water partition coefficient (Wildman–Crippen LogP) is 3.67. The van der Waals surface area contributed by atoms with Gasteiger partial charge in [-0.15, -0.1) is 0 Å². The van der Waals surface area contributed by atoms with Crippen molar-refractivity contribution < 1.29 is 38.1 Å². The van der Waals surface area contributed by atoms with Crippen LogP contribution in [0.3, 0.4) is 0 Å². The van der Waals surface area contributed by atoms with Gasteiger partial charge in [-0.1, -0.05) is 54.6 Å².